The summed E-state index contributed by atoms with van der Waals surface area (Å²) in [4.78, 5) is 27.4. The summed E-state index contributed by atoms with van der Waals surface area (Å²) < 4.78 is 23.4. The zero-order valence-electron chi connectivity index (χ0n) is 18.2. The fraction of sp³-hybridized carbons (Fsp3) is 0.667. The number of hydrogen-bond donors (Lipinski definition) is 1. The van der Waals surface area contributed by atoms with E-state index in [1.54, 1.807) is 24.1 Å². The number of carbonyl (C=O) groups excluding carboxylic acids is 2. The average molecular weight is 445 g/mol. The number of hydrogen-bond acceptors (Lipinski definition) is 4. The Labute approximate surface area is 184 Å². The fourth-order valence-corrected chi connectivity index (χ4v) is 8.75. The first-order valence-corrected chi connectivity index (χ1v) is 13.4. The maximum Gasteiger partial charge on any atom is 0.253 e. The number of nitrogens with one attached hydrogen (secondary N) is 1. The van der Waals surface area contributed by atoms with Gasteiger partial charge in [-0.1, -0.05) is 12.1 Å². The van der Waals surface area contributed by atoms with Crippen LogP contribution >= 0.6 is 0 Å². The molecule has 1 unspecified atom stereocenters. The van der Waals surface area contributed by atoms with E-state index in [0.29, 0.717) is 18.5 Å². The highest BCUT2D eigenvalue weighted by molar-refractivity contribution is 7.91. The lowest BCUT2D eigenvalue weighted by molar-refractivity contribution is -0.146. The summed E-state index contributed by atoms with van der Waals surface area (Å²) >= 11 is 0. The molecule has 1 aromatic carbocycles. The highest BCUT2D eigenvalue weighted by atomic mass is 32.2. The number of nitrogens with zero attached hydrogens (tertiary/aromatic N) is 1. The minimum Gasteiger partial charge on any atom is -0.352 e. The van der Waals surface area contributed by atoms with Gasteiger partial charge in [0.25, 0.3) is 5.91 Å². The van der Waals surface area contributed by atoms with Gasteiger partial charge in [-0.25, -0.2) is 8.42 Å². The van der Waals surface area contributed by atoms with Gasteiger partial charge in [0.05, 0.1) is 11.5 Å². The summed E-state index contributed by atoms with van der Waals surface area (Å²) in [5, 5.41) is 3.18. The molecule has 0 spiro atoms. The molecule has 2 amide bonds. The molecular formula is C24H32N2O4S. The second-order valence-corrected chi connectivity index (χ2v) is 12.8. The van der Waals surface area contributed by atoms with Gasteiger partial charge in [0.1, 0.15) is 0 Å². The van der Waals surface area contributed by atoms with E-state index in [9.17, 15) is 18.0 Å². The smallest absolute Gasteiger partial charge is 0.253 e. The molecule has 6 rings (SSSR count). The number of amides is 2. The van der Waals surface area contributed by atoms with E-state index >= 15 is 0 Å². The normalized spacial score (nSPS) is 35.1. The molecule has 5 fully saturated rings. The van der Waals surface area contributed by atoms with Gasteiger partial charge in [-0.2, -0.15) is 0 Å². The molecule has 1 heterocycles. The van der Waals surface area contributed by atoms with Crippen molar-refractivity contribution in [3.63, 3.8) is 0 Å². The molecule has 1 atom stereocenters. The zero-order chi connectivity index (χ0) is 21.8. The summed E-state index contributed by atoms with van der Waals surface area (Å²) in [6, 6.07) is 7.05. The topological polar surface area (TPSA) is 83.6 Å². The summed E-state index contributed by atoms with van der Waals surface area (Å²) in [6.07, 6.45) is 7.64. The Morgan fingerprint density at radius 3 is 2.13 bits per heavy atom. The molecule has 6 nitrogen and oxygen atoms in total. The minimum atomic E-state index is -3.03. The summed E-state index contributed by atoms with van der Waals surface area (Å²) in [7, 11) is -1.36. The lowest BCUT2D eigenvalue weighted by atomic mass is 9.49. The number of benzene rings is 1. The zero-order valence-corrected chi connectivity index (χ0v) is 19.0. The second kappa shape index (κ2) is 7.61. The molecule has 4 aliphatic carbocycles. The van der Waals surface area contributed by atoms with Crippen molar-refractivity contribution in [1.29, 1.82) is 0 Å². The van der Waals surface area contributed by atoms with Crippen molar-refractivity contribution >= 4 is 21.7 Å². The van der Waals surface area contributed by atoms with Crippen LogP contribution in [0, 0.1) is 23.2 Å². The largest absolute Gasteiger partial charge is 0.352 e. The van der Waals surface area contributed by atoms with Crippen LogP contribution < -0.4 is 5.32 Å². The summed E-state index contributed by atoms with van der Waals surface area (Å²) in [5.74, 6) is 2.49. The van der Waals surface area contributed by atoms with Crippen LogP contribution in [0.2, 0.25) is 0 Å². The molecule has 5 aliphatic rings. The lowest BCUT2D eigenvalue weighted by Gasteiger charge is -2.55. The Kier molecular flexibility index (Phi) is 5.15. The van der Waals surface area contributed by atoms with E-state index in [2.05, 4.69) is 5.32 Å². The third-order valence-electron chi connectivity index (χ3n) is 8.25. The second-order valence-electron chi connectivity index (χ2n) is 10.6. The van der Waals surface area contributed by atoms with Crippen LogP contribution in [0.1, 0.15) is 60.9 Å². The first kappa shape index (κ1) is 21.0. The monoisotopic (exact) mass is 444 g/mol. The van der Waals surface area contributed by atoms with Crippen molar-refractivity contribution in [2.75, 3.05) is 18.6 Å². The van der Waals surface area contributed by atoms with Crippen LogP contribution in [0.4, 0.5) is 0 Å². The molecule has 4 bridgehead atoms. The van der Waals surface area contributed by atoms with Crippen molar-refractivity contribution < 1.29 is 18.0 Å². The molecule has 0 radical (unpaired) electrons. The minimum absolute atomic E-state index is 0.0453. The summed E-state index contributed by atoms with van der Waals surface area (Å²) in [5.41, 5.74) is 1.37. The van der Waals surface area contributed by atoms with E-state index in [1.165, 1.54) is 19.3 Å². The average Bonchev–Trinajstić information content (AvgIpc) is 3.10. The molecule has 31 heavy (non-hydrogen) atoms. The van der Waals surface area contributed by atoms with E-state index in [-0.39, 0.29) is 34.8 Å². The Hall–Kier alpha value is -1.89. The predicted molar refractivity (Wildman–Crippen MR) is 118 cm³/mol. The third-order valence-corrected chi connectivity index (χ3v) is 10.0. The number of sulfone groups is 1. The van der Waals surface area contributed by atoms with Gasteiger partial charge >= 0.3 is 0 Å². The van der Waals surface area contributed by atoms with Gasteiger partial charge in [0.2, 0.25) is 5.91 Å². The van der Waals surface area contributed by atoms with Crippen molar-refractivity contribution in [3.05, 3.63) is 35.4 Å². The van der Waals surface area contributed by atoms with Crippen molar-refractivity contribution in [3.8, 4) is 0 Å². The molecule has 1 aromatic rings. The van der Waals surface area contributed by atoms with Crippen LogP contribution in [0.3, 0.4) is 0 Å². The molecule has 4 saturated carbocycles. The van der Waals surface area contributed by atoms with Crippen LogP contribution in [-0.4, -0.2) is 49.7 Å². The fourth-order valence-electron chi connectivity index (χ4n) is 6.97. The van der Waals surface area contributed by atoms with E-state index < -0.39 is 9.84 Å². The maximum atomic E-state index is 13.1. The van der Waals surface area contributed by atoms with E-state index in [0.717, 1.165) is 42.6 Å². The van der Waals surface area contributed by atoms with Gasteiger partial charge in [-0.3, -0.25) is 9.59 Å². The van der Waals surface area contributed by atoms with Gasteiger partial charge in [0, 0.05) is 30.6 Å². The van der Waals surface area contributed by atoms with Crippen LogP contribution in [0.15, 0.2) is 24.3 Å². The number of rotatable bonds is 5. The molecule has 1 N–H and O–H groups in total. The van der Waals surface area contributed by atoms with Gasteiger partial charge in [-0.05, 0) is 80.4 Å². The Morgan fingerprint density at radius 1 is 1.03 bits per heavy atom. The third kappa shape index (κ3) is 4.01. The molecule has 0 aromatic heterocycles. The van der Waals surface area contributed by atoms with Gasteiger partial charge < -0.3 is 10.2 Å². The predicted octanol–water partition coefficient (Wildman–Crippen LogP) is 2.78. The Morgan fingerprint density at radius 2 is 1.61 bits per heavy atom. The Balaban J connectivity index is 1.18. The van der Waals surface area contributed by atoms with Crippen molar-refractivity contribution in [2.24, 2.45) is 23.2 Å². The maximum absolute atomic E-state index is 13.1. The van der Waals surface area contributed by atoms with Crippen molar-refractivity contribution in [1.82, 2.24) is 10.2 Å². The van der Waals surface area contributed by atoms with Crippen LogP contribution in [0.5, 0.6) is 0 Å². The van der Waals surface area contributed by atoms with Crippen LogP contribution in [-0.2, 0) is 21.2 Å². The molecule has 7 heteroatoms. The molecule has 1 saturated heterocycles. The standard InChI is InChI=1S/C24H32N2O4S/c1-26(21-6-7-31(29,30)15-21)22(27)20-4-2-16(3-5-20)14-25-23(28)24-11-17-8-18(12-24)10-19(9-17)13-24/h2-5,17-19,21H,6-15H2,1H3,(H,25,28). The molecule has 168 valence electrons. The van der Waals surface area contributed by atoms with Crippen LogP contribution in [0.25, 0.3) is 0 Å². The quantitative estimate of drug-likeness (QED) is 0.757. The van der Waals surface area contributed by atoms with Gasteiger partial charge in [-0.15, -0.1) is 0 Å². The number of carbonyl (C=O) groups is 2. The molecule has 1 aliphatic heterocycles. The van der Waals surface area contributed by atoms with E-state index in [1.807, 2.05) is 12.1 Å². The Bertz CT molecular complexity index is 950. The first-order chi connectivity index (χ1) is 14.7. The van der Waals surface area contributed by atoms with Crippen molar-refractivity contribution in [2.45, 2.75) is 57.5 Å². The highest BCUT2D eigenvalue weighted by Crippen LogP contribution is 2.60. The van der Waals surface area contributed by atoms with Gasteiger partial charge in [0.15, 0.2) is 9.84 Å². The van der Waals surface area contributed by atoms with E-state index in [4.69, 9.17) is 0 Å². The SMILES string of the molecule is CN(C(=O)c1ccc(CNC(=O)C23CC4CC(CC(C4)C2)C3)cc1)C1CCS(=O)(=O)C1. The lowest BCUT2D eigenvalue weighted by Crippen LogP contribution is -2.53. The molecular weight excluding hydrogens is 412 g/mol. The first-order valence-electron chi connectivity index (χ1n) is 11.6. The highest BCUT2D eigenvalue weighted by Gasteiger charge is 2.54. The summed E-state index contributed by atoms with van der Waals surface area (Å²) in [6.45, 7) is 0.478.